The zero-order valence-electron chi connectivity index (χ0n) is 19.6. The Morgan fingerprint density at radius 3 is 2.25 bits per heavy atom. The number of hydrogen-bond acceptors (Lipinski definition) is 5. The van der Waals surface area contributed by atoms with Gasteiger partial charge in [-0.05, 0) is 34.4 Å². The number of rotatable bonds is 3. The van der Waals surface area contributed by atoms with Crippen LogP contribution >= 0.6 is 0 Å². The molecule has 7 heteroatoms. The molecule has 36 heavy (non-hydrogen) atoms. The maximum Gasteiger partial charge on any atom is 0.410 e. The Kier molecular flexibility index (Phi) is 5.51. The molecule has 2 saturated heterocycles. The fraction of sp³-hybridized carbons (Fsp3) is 0.310. The number of morpholine rings is 1. The first-order chi connectivity index (χ1) is 17.5. The van der Waals surface area contributed by atoms with E-state index in [1.54, 1.807) is 4.90 Å². The first-order valence-corrected chi connectivity index (χ1v) is 12.1. The molecule has 2 unspecified atom stereocenters. The summed E-state index contributed by atoms with van der Waals surface area (Å²) in [6.07, 6.45) is -0.204. The van der Waals surface area contributed by atoms with Crippen LogP contribution in [0, 0.1) is 17.1 Å². The van der Waals surface area contributed by atoms with Gasteiger partial charge in [-0.25, -0.2) is 9.18 Å². The highest BCUT2D eigenvalue weighted by molar-refractivity contribution is 5.79. The molecule has 1 aliphatic carbocycles. The van der Waals surface area contributed by atoms with E-state index in [0.717, 1.165) is 28.3 Å². The van der Waals surface area contributed by atoms with Crippen LogP contribution in [0.25, 0.3) is 11.1 Å². The second kappa shape index (κ2) is 8.74. The predicted molar refractivity (Wildman–Crippen MR) is 130 cm³/mol. The average molecular weight is 485 g/mol. The maximum absolute atomic E-state index is 14.8. The Hall–Kier alpha value is -3.73. The minimum Gasteiger partial charge on any atom is -0.448 e. The van der Waals surface area contributed by atoms with Crippen LogP contribution in [0.4, 0.5) is 9.18 Å². The van der Waals surface area contributed by atoms with Gasteiger partial charge in [0.1, 0.15) is 12.4 Å². The highest BCUT2D eigenvalue weighted by atomic mass is 19.1. The number of hydrogen-bond donors (Lipinski definition) is 1. The number of aliphatic hydroxyl groups is 1. The van der Waals surface area contributed by atoms with Gasteiger partial charge in [-0.15, -0.1) is 0 Å². The lowest BCUT2D eigenvalue weighted by Crippen LogP contribution is -2.62. The van der Waals surface area contributed by atoms with Crippen LogP contribution in [0.2, 0.25) is 0 Å². The Morgan fingerprint density at radius 2 is 1.67 bits per heavy atom. The van der Waals surface area contributed by atoms with Crippen LogP contribution in [0.15, 0.2) is 66.7 Å². The molecule has 6 rings (SSSR count). The summed E-state index contributed by atoms with van der Waals surface area (Å²) >= 11 is 0. The van der Waals surface area contributed by atoms with Crippen LogP contribution in [0.1, 0.15) is 41.0 Å². The van der Waals surface area contributed by atoms with Crippen molar-refractivity contribution in [1.82, 2.24) is 4.90 Å². The molecule has 0 saturated carbocycles. The van der Waals surface area contributed by atoms with Crippen molar-refractivity contribution in [2.24, 2.45) is 0 Å². The zero-order chi connectivity index (χ0) is 24.9. The Balaban J connectivity index is 1.21. The van der Waals surface area contributed by atoms with E-state index in [1.165, 1.54) is 12.1 Å². The van der Waals surface area contributed by atoms with E-state index >= 15 is 0 Å². The van der Waals surface area contributed by atoms with Crippen LogP contribution in [-0.2, 0) is 15.1 Å². The van der Waals surface area contributed by atoms with E-state index in [-0.39, 0.29) is 49.7 Å². The predicted octanol–water partition coefficient (Wildman–Crippen LogP) is 4.70. The van der Waals surface area contributed by atoms with Crippen LogP contribution < -0.4 is 0 Å². The number of fused-ring (bicyclic) bond motifs is 5. The van der Waals surface area contributed by atoms with E-state index in [1.807, 2.05) is 30.3 Å². The molecular weight excluding hydrogens is 459 g/mol. The molecule has 182 valence electrons. The summed E-state index contributed by atoms with van der Waals surface area (Å²) in [6, 6.07) is 21.4. The van der Waals surface area contributed by atoms with Crippen LogP contribution in [0.3, 0.4) is 0 Å². The number of piperidine rings is 1. The first-order valence-electron chi connectivity index (χ1n) is 12.1. The van der Waals surface area contributed by atoms with E-state index in [4.69, 9.17) is 14.7 Å². The molecule has 2 heterocycles. The van der Waals surface area contributed by atoms with E-state index in [0.29, 0.717) is 0 Å². The number of nitriles is 1. The van der Waals surface area contributed by atoms with Crippen molar-refractivity contribution in [1.29, 1.82) is 5.26 Å². The lowest BCUT2D eigenvalue weighted by molar-refractivity contribution is -0.137. The van der Waals surface area contributed by atoms with Crippen molar-refractivity contribution in [3.8, 4) is 17.2 Å². The highest BCUT2D eigenvalue weighted by Gasteiger charge is 2.50. The SMILES string of the molecule is N#Cc1ccc(C2(O)CC3COCC(C2)N3C(=O)OCC2c3ccccc3-c3ccccc32)c(F)c1. The molecule has 3 aromatic carbocycles. The molecule has 3 aromatic rings. The van der Waals surface area contributed by atoms with Gasteiger partial charge < -0.3 is 14.6 Å². The van der Waals surface area contributed by atoms with Gasteiger partial charge in [-0.3, -0.25) is 4.90 Å². The second-order valence-corrected chi connectivity index (χ2v) is 9.80. The smallest absolute Gasteiger partial charge is 0.410 e. The van der Waals surface area contributed by atoms with E-state index in [9.17, 15) is 14.3 Å². The monoisotopic (exact) mass is 484 g/mol. The fourth-order valence-electron chi connectivity index (χ4n) is 6.12. The molecule has 6 nitrogen and oxygen atoms in total. The standard InChI is InChI=1S/C29H25FN2O4/c30-27-11-18(14-31)9-10-26(27)29(34)12-19-15-35-16-20(13-29)32(19)28(33)36-17-25-23-7-3-1-5-21(23)22-6-2-4-8-24(22)25/h1-11,19-20,25,34H,12-13,15-17H2. The third-order valence-corrected chi connectivity index (χ3v) is 7.70. The number of halogens is 1. The first kappa shape index (κ1) is 22.7. The normalized spacial score (nSPS) is 24.5. The summed E-state index contributed by atoms with van der Waals surface area (Å²) < 4.78 is 26.4. The van der Waals surface area contributed by atoms with Gasteiger partial charge in [0.25, 0.3) is 0 Å². The lowest BCUT2D eigenvalue weighted by atomic mass is 9.76. The zero-order valence-corrected chi connectivity index (χ0v) is 19.6. The largest absolute Gasteiger partial charge is 0.448 e. The van der Waals surface area contributed by atoms with Crippen molar-refractivity contribution in [2.75, 3.05) is 19.8 Å². The molecule has 2 aliphatic heterocycles. The van der Waals surface area contributed by atoms with E-state index < -0.39 is 29.6 Å². The molecule has 1 amide bonds. The van der Waals surface area contributed by atoms with E-state index in [2.05, 4.69) is 24.3 Å². The molecule has 2 fully saturated rings. The lowest BCUT2D eigenvalue weighted by Gasteiger charge is -2.51. The van der Waals surface area contributed by atoms with Gasteiger partial charge in [0, 0.05) is 24.3 Å². The number of benzene rings is 3. The van der Waals surface area contributed by atoms with Crippen LogP contribution in [0.5, 0.6) is 0 Å². The van der Waals surface area contributed by atoms with Crippen molar-refractivity contribution in [3.05, 3.63) is 94.8 Å². The van der Waals surface area contributed by atoms with Gasteiger partial charge >= 0.3 is 6.09 Å². The maximum atomic E-state index is 14.8. The number of nitrogens with zero attached hydrogens (tertiary/aromatic N) is 2. The summed E-state index contributed by atoms with van der Waals surface area (Å²) in [4.78, 5) is 15.0. The minimum absolute atomic E-state index is 0.0492. The van der Waals surface area contributed by atoms with Gasteiger partial charge in [-0.1, -0.05) is 54.6 Å². The molecule has 1 N–H and O–H groups in total. The highest BCUT2D eigenvalue weighted by Crippen LogP contribution is 2.45. The molecule has 0 aromatic heterocycles. The molecule has 0 radical (unpaired) electrons. The minimum atomic E-state index is -1.46. The quantitative estimate of drug-likeness (QED) is 0.583. The number of carbonyl (C=O) groups excluding carboxylic acids is 1. The molecule has 0 spiro atoms. The molecule has 2 atom stereocenters. The Morgan fingerprint density at radius 1 is 1.06 bits per heavy atom. The summed E-state index contributed by atoms with van der Waals surface area (Å²) in [5.41, 5.74) is 3.47. The fourth-order valence-corrected chi connectivity index (χ4v) is 6.12. The summed E-state index contributed by atoms with van der Waals surface area (Å²) in [6.45, 7) is 0.681. The molecule has 3 aliphatic rings. The summed E-state index contributed by atoms with van der Waals surface area (Å²) in [7, 11) is 0. The van der Waals surface area contributed by atoms with Gasteiger partial charge in [0.15, 0.2) is 0 Å². The van der Waals surface area contributed by atoms with Crippen LogP contribution in [-0.4, -0.2) is 48.0 Å². The Labute approximate surface area is 208 Å². The summed E-state index contributed by atoms with van der Waals surface area (Å²) in [5, 5.41) is 20.5. The van der Waals surface area contributed by atoms with Crippen molar-refractivity contribution in [2.45, 2.75) is 36.4 Å². The number of amides is 1. The third kappa shape index (κ3) is 3.65. The third-order valence-electron chi connectivity index (χ3n) is 7.70. The van der Waals surface area contributed by atoms with Gasteiger partial charge in [0.2, 0.25) is 0 Å². The van der Waals surface area contributed by atoms with Crippen molar-refractivity contribution >= 4 is 6.09 Å². The van der Waals surface area contributed by atoms with Crippen molar-refractivity contribution < 1.29 is 23.8 Å². The van der Waals surface area contributed by atoms with Gasteiger partial charge in [0.05, 0.1) is 42.5 Å². The molecular formula is C29H25FN2O4. The number of ether oxygens (including phenoxy) is 2. The average Bonchev–Trinajstić information content (AvgIpc) is 3.20. The second-order valence-electron chi connectivity index (χ2n) is 9.80. The molecule has 2 bridgehead atoms. The number of carbonyl (C=O) groups is 1. The Bertz CT molecular complexity index is 1320. The topological polar surface area (TPSA) is 82.8 Å². The summed E-state index contributed by atoms with van der Waals surface area (Å²) in [5.74, 6) is -0.669. The van der Waals surface area contributed by atoms with Gasteiger partial charge in [-0.2, -0.15) is 5.26 Å². The van der Waals surface area contributed by atoms with Crippen molar-refractivity contribution in [3.63, 3.8) is 0 Å².